The minimum absolute atomic E-state index is 0.0330. The molecule has 2 aliphatic heterocycles. The maximum absolute atomic E-state index is 5.54. The molecular formula is C19H26N2O. The highest BCUT2D eigenvalue weighted by Crippen LogP contribution is 2.29. The van der Waals surface area contributed by atoms with E-state index < -0.39 is 0 Å². The smallest absolute Gasteiger partial charge is 0.0855 e. The molecule has 0 unspecified atom stereocenters. The van der Waals surface area contributed by atoms with E-state index in [-0.39, 0.29) is 5.54 Å². The minimum atomic E-state index is 0.0330. The van der Waals surface area contributed by atoms with Gasteiger partial charge in [0, 0.05) is 31.7 Å². The van der Waals surface area contributed by atoms with Crippen LogP contribution in [0.4, 0.5) is 0 Å². The number of hydrogen-bond acceptors (Lipinski definition) is 3. The quantitative estimate of drug-likeness (QED) is 0.779. The van der Waals surface area contributed by atoms with Gasteiger partial charge in [0.15, 0.2) is 0 Å². The molecule has 0 aliphatic carbocycles. The van der Waals surface area contributed by atoms with E-state index in [4.69, 9.17) is 4.74 Å². The first-order valence-corrected chi connectivity index (χ1v) is 8.46. The van der Waals surface area contributed by atoms with Crippen molar-refractivity contribution in [2.24, 2.45) is 0 Å². The van der Waals surface area contributed by atoms with Crippen molar-refractivity contribution >= 4 is 0 Å². The molecule has 0 spiro atoms. The predicted octanol–water partition coefficient (Wildman–Crippen LogP) is 2.22. The number of hydrogen-bond donors (Lipinski definition) is 0. The molecule has 118 valence electrons. The zero-order valence-electron chi connectivity index (χ0n) is 13.6. The molecule has 3 nitrogen and oxygen atoms in total. The van der Waals surface area contributed by atoms with E-state index in [0.717, 1.165) is 64.3 Å². The van der Waals surface area contributed by atoms with Crippen LogP contribution in [0.15, 0.2) is 30.3 Å². The molecule has 22 heavy (non-hydrogen) atoms. The summed E-state index contributed by atoms with van der Waals surface area (Å²) < 4.78 is 5.54. The van der Waals surface area contributed by atoms with E-state index in [1.807, 2.05) is 6.07 Å². The first-order valence-electron chi connectivity index (χ1n) is 8.46. The van der Waals surface area contributed by atoms with Crippen molar-refractivity contribution in [2.75, 3.05) is 45.9 Å². The normalized spacial score (nSPS) is 22.8. The lowest BCUT2D eigenvalue weighted by Gasteiger charge is -2.47. The number of piperidine rings is 1. The molecule has 1 aromatic rings. The van der Waals surface area contributed by atoms with Crippen LogP contribution in [0.1, 0.15) is 25.3 Å². The summed E-state index contributed by atoms with van der Waals surface area (Å²) in [4.78, 5) is 5.10. The molecule has 0 radical (unpaired) electrons. The van der Waals surface area contributed by atoms with Crippen LogP contribution in [0.5, 0.6) is 0 Å². The number of benzene rings is 1. The Morgan fingerprint density at radius 1 is 1.05 bits per heavy atom. The molecule has 0 aromatic heterocycles. The third-order valence-corrected chi connectivity index (χ3v) is 4.96. The molecule has 0 bridgehead atoms. The Balaban J connectivity index is 1.82. The van der Waals surface area contributed by atoms with Crippen LogP contribution in [0.2, 0.25) is 0 Å². The van der Waals surface area contributed by atoms with Gasteiger partial charge in [-0.25, -0.2) is 0 Å². The fraction of sp³-hybridized carbons (Fsp3) is 0.579. The average molecular weight is 298 g/mol. The number of likely N-dealkylation sites (tertiary alicyclic amines) is 1. The first-order chi connectivity index (χ1) is 10.8. The van der Waals surface area contributed by atoms with Crippen LogP contribution in [-0.2, 0) is 4.74 Å². The van der Waals surface area contributed by atoms with Gasteiger partial charge >= 0.3 is 0 Å². The van der Waals surface area contributed by atoms with Gasteiger partial charge in [-0.3, -0.25) is 4.90 Å². The molecule has 2 fully saturated rings. The Bertz CT molecular complexity index is 517. The summed E-state index contributed by atoms with van der Waals surface area (Å²) in [6.45, 7) is 9.39. The molecule has 3 rings (SSSR count). The summed E-state index contributed by atoms with van der Waals surface area (Å²) >= 11 is 0. The molecule has 1 aromatic carbocycles. The largest absolute Gasteiger partial charge is 0.379 e. The maximum Gasteiger partial charge on any atom is 0.0855 e. The van der Waals surface area contributed by atoms with Crippen LogP contribution in [-0.4, -0.2) is 61.3 Å². The van der Waals surface area contributed by atoms with E-state index in [1.165, 1.54) is 0 Å². The number of morpholine rings is 1. The van der Waals surface area contributed by atoms with Crippen molar-refractivity contribution in [3.8, 4) is 11.8 Å². The number of nitrogens with zero attached hydrogens (tertiary/aromatic N) is 2. The van der Waals surface area contributed by atoms with Crippen LogP contribution >= 0.6 is 0 Å². The highest BCUT2D eigenvalue weighted by Gasteiger charge is 2.38. The Morgan fingerprint density at radius 3 is 2.36 bits per heavy atom. The van der Waals surface area contributed by atoms with Gasteiger partial charge in [-0.05, 0) is 31.5 Å². The average Bonchev–Trinajstić information content (AvgIpc) is 2.62. The van der Waals surface area contributed by atoms with Crippen LogP contribution in [0, 0.1) is 11.8 Å². The molecule has 0 atom stereocenters. The van der Waals surface area contributed by atoms with Gasteiger partial charge in [0.05, 0.1) is 18.8 Å². The summed E-state index contributed by atoms with van der Waals surface area (Å²) in [5.41, 5.74) is 1.15. The van der Waals surface area contributed by atoms with Crippen molar-refractivity contribution in [3.63, 3.8) is 0 Å². The van der Waals surface area contributed by atoms with Crippen molar-refractivity contribution in [1.29, 1.82) is 0 Å². The van der Waals surface area contributed by atoms with Crippen molar-refractivity contribution < 1.29 is 4.74 Å². The second-order valence-electron chi connectivity index (χ2n) is 6.18. The fourth-order valence-electron chi connectivity index (χ4n) is 3.46. The Morgan fingerprint density at radius 2 is 1.73 bits per heavy atom. The van der Waals surface area contributed by atoms with E-state index in [0.29, 0.717) is 0 Å². The standard InChI is InChI=1S/C19H26N2O/c1-2-20-12-10-19(11-13-20,21-14-16-22-17-15-21)9-8-18-6-4-3-5-7-18/h3-7H,2,10-17H2,1H3. The van der Waals surface area contributed by atoms with Gasteiger partial charge in [-0.15, -0.1) is 0 Å². The summed E-state index contributed by atoms with van der Waals surface area (Å²) in [6.07, 6.45) is 2.28. The van der Waals surface area contributed by atoms with Crippen molar-refractivity contribution in [3.05, 3.63) is 35.9 Å². The van der Waals surface area contributed by atoms with Gasteiger partial charge < -0.3 is 9.64 Å². The summed E-state index contributed by atoms with van der Waals surface area (Å²) in [7, 11) is 0. The van der Waals surface area contributed by atoms with Crippen LogP contribution < -0.4 is 0 Å². The monoisotopic (exact) mass is 298 g/mol. The lowest BCUT2D eigenvalue weighted by Crippen LogP contribution is -2.57. The second kappa shape index (κ2) is 7.28. The molecular weight excluding hydrogens is 272 g/mol. The lowest BCUT2D eigenvalue weighted by molar-refractivity contribution is -0.0231. The maximum atomic E-state index is 5.54. The Kier molecular flexibility index (Phi) is 5.15. The highest BCUT2D eigenvalue weighted by atomic mass is 16.5. The predicted molar refractivity (Wildman–Crippen MR) is 89.8 cm³/mol. The molecule has 0 amide bonds. The molecule has 0 saturated carbocycles. The van der Waals surface area contributed by atoms with Crippen molar-refractivity contribution in [1.82, 2.24) is 9.80 Å². The summed E-state index contributed by atoms with van der Waals surface area (Å²) in [5.74, 6) is 7.09. The Hall–Kier alpha value is -1.34. The molecule has 0 N–H and O–H groups in total. The van der Waals surface area contributed by atoms with Crippen LogP contribution in [0.3, 0.4) is 0 Å². The molecule has 2 heterocycles. The van der Waals surface area contributed by atoms with E-state index in [9.17, 15) is 0 Å². The topological polar surface area (TPSA) is 15.7 Å². The van der Waals surface area contributed by atoms with Gasteiger partial charge in [0.2, 0.25) is 0 Å². The number of ether oxygens (including phenoxy) is 1. The van der Waals surface area contributed by atoms with Gasteiger partial charge in [0.1, 0.15) is 0 Å². The summed E-state index contributed by atoms with van der Waals surface area (Å²) in [5, 5.41) is 0. The molecule has 3 heteroatoms. The first kappa shape index (κ1) is 15.6. The van der Waals surface area contributed by atoms with E-state index in [1.54, 1.807) is 0 Å². The minimum Gasteiger partial charge on any atom is -0.379 e. The lowest BCUT2D eigenvalue weighted by atomic mass is 9.85. The SMILES string of the molecule is CCN1CCC(C#Cc2ccccc2)(N2CCOCC2)CC1. The van der Waals surface area contributed by atoms with Gasteiger partial charge in [-0.1, -0.05) is 37.0 Å². The number of rotatable bonds is 2. The second-order valence-corrected chi connectivity index (χ2v) is 6.18. The fourth-order valence-corrected chi connectivity index (χ4v) is 3.46. The van der Waals surface area contributed by atoms with Crippen LogP contribution in [0.25, 0.3) is 0 Å². The zero-order valence-corrected chi connectivity index (χ0v) is 13.6. The molecule has 2 saturated heterocycles. The van der Waals surface area contributed by atoms with E-state index >= 15 is 0 Å². The molecule has 2 aliphatic rings. The Labute approximate surface area is 134 Å². The van der Waals surface area contributed by atoms with Crippen molar-refractivity contribution in [2.45, 2.75) is 25.3 Å². The zero-order chi connectivity index (χ0) is 15.3. The van der Waals surface area contributed by atoms with Gasteiger partial charge in [0.25, 0.3) is 0 Å². The third-order valence-electron chi connectivity index (χ3n) is 4.96. The third kappa shape index (κ3) is 3.52. The van der Waals surface area contributed by atoms with E-state index in [2.05, 4.69) is 52.8 Å². The van der Waals surface area contributed by atoms with Gasteiger partial charge in [-0.2, -0.15) is 0 Å². The highest BCUT2D eigenvalue weighted by molar-refractivity contribution is 5.37. The summed E-state index contributed by atoms with van der Waals surface area (Å²) in [6, 6.07) is 10.4.